The molecule has 1 aliphatic rings. The summed E-state index contributed by atoms with van der Waals surface area (Å²) < 4.78 is 0. The number of imide groups is 1. The zero-order valence-corrected chi connectivity index (χ0v) is 10.3. The molecule has 1 aromatic carbocycles. The molecule has 4 amide bonds. The molecule has 0 spiro atoms. The lowest BCUT2D eigenvalue weighted by atomic mass is 10.2. The number of amides is 4. The van der Waals surface area contributed by atoms with Gasteiger partial charge in [-0.25, -0.2) is 9.69 Å². The SMILES string of the molecule is NC(=O)CC1NC(=O)N(c2ccc(C=NO)cc2)C1=O. The Morgan fingerprint density at radius 2 is 2.05 bits per heavy atom. The molecule has 8 nitrogen and oxygen atoms in total. The molecule has 1 saturated heterocycles. The van der Waals surface area contributed by atoms with Crippen molar-refractivity contribution in [1.82, 2.24) is 5.32 Å². The van der Waals surface area contributed by atoms with Gasteiger partial charge < -0.3 is 16.3 Å². The van der Waals surface area contributed by atoms with E-state index in [-0.39, 0.29) is 6.42 Å². The number of urea groups is 1. The molecule has 4 N–H and O–H groups in total. The van der Waals surface area contributed by atoms with Crippen molar-refractivity contribution in [2.24, 2.45) is 10.9 Å². The lowest BCUT2D eigenvalue weighted by Crippen LogP contribution is -2.34. The normalized spacial score (nSPS) is 18.6. The van der Waals surface area contributed by atoms with Crippen LogP contribution in [0.3, 0.4) is 0 Å². The van der Waals surface area contributed by atoms with Crippen molar-refractivity contribution in [3.63, 3.8) is 0 Å². The summed E-state index contributed by atoms with van der Waals surface area (Å²) in [5.74, 6) is -1.20. The molecule has 1 atom stereocenters. The lowest BCUT2D eigenvalue weighted by molar-refractivity contribution is -0.123. The molecule has 20 heavy (non-hydrogen) atoms. The quantitative estimate of drug-likeness (QED) is 0.304. The Bertz CT molecular complexity index is 582. The molecule has 1 aromatic rings. The molecule has 0 aliphatic carbocycles. The summed E-state index contributed by atoms with van der Waals surface area (Å²) >= 11 is 0. The minimum atomic E-state index is -0.932. The second kappa shape index (κ2) is 5.39. The second-order valence-corrected chi connectivity index (χ2v) is 4.18. The van der Waals surface area contributed by atoms with Crippen LogP contribution in [-0.2, 0) is 9.59 Å². The third kappa shape index (κ3) is 2.58. The van der Waals surface area contributed by atoms with E-state index >= 15 is 0 Å². The first-order valence-corrected chi connectivity index (χ1v) is 5.73. The van der Waals surface area contributed by atoms with Crippen molar-refractivity contribution in [2.75, 3.05) is 4.90 Å². The van der Waals surface area contributed by atoms with Gasteiger partial charge in [-0.15, -0.1) is 0 Å². The van der Waals surface area contributed by atoms with Gasteiger partial charge in [-0.2, -0.15) is 0 Å². The third-order valence-electron chi connectivity index (χ3n) is 2.78. The number of hydrogen-bond donors (Lipinski definition) is 3. The maximum atomic E-state index is 12.0. The van der Waals surface area contributed by atoms with Gasteiger partial charge in [0.2, 0.25) is 5.91 Å². The number of carbonyl (C=O) groups is 3. The maximum Gasteiger partial charge on any atom is 0.329 e. The van der Waals surface area contributed by atoms with Crippen LogP contribution in [0.1, 0.15) is 12.0 Å². The minimum Gasteiger partial charge on any atom is -0.411 e. The zero-order valence-electron chi connectivity index (χ0n) is 10.3. The van der Waals surface area contributed by atoms with Crippen molar-refractivity contribution in [3.8, 4) is 0 Å². The van der Waals surface area contributed by atoms with Crippen molar-refractivity contribution in [3.05, 3.63) is 29.8 Å². The Morgan fingerprint density at radius 1 is 1.40 bits per heavy atom. The number of anilines is 1. The summed E-state index contributed by atoms with van der Waals surface area (Å²) in [6.07, 6.45) is 0.974. The number of rotatable bonds is 4. The average molecular weight is 276 g/mol. The van der Waals surface area contributed by atoms with Crippen LogP contribution in [0, 0.1) is 0 Å². The summed E-state index contributed by atoms with van der Waals surface area (Å²) in [5, 5.41) is 13.7. The van der Waals surface area contributed by atoms with E-state index in [1.165, 1.54) is 18.3 Å². The van der Waals surface area contributed by atoms with Crippen LogP contribution in [0.15, 0.2) is 29.4 Å². The largest absolute Gasteiger partial charge is 0.411 e. The average Bonchev–Trinajstić information content (AvgIpc) is 2.65. The van der Waals surface area contributed by atoms with Gasteiger partial charge in [0.15, 0.2) is 0 Å². The number of hydrogen-bond acceptors (Lipinski definition) is 5. The highest BCUT2D eigenvalue weighted by molar-refractivity contribution is 6.22. The number of oxime groups is 1. The van der Waals surface area contributed by atoms with Gasteiger partial charge in [0.25, 0.3) is 5.91 Å². The van der Waals surface area contributed by atoms with Crippen LogP contribution in [0.25, 0.3) is 0 Å². The Morgan fingerprint density at radius 3 is 2.60 bits per heavy atom. The summed E-state index contributed by atoms with van der Waals surface area (Å²) in [5.41, 5.74) is 5.98. The highest BCUT2D eigenvalue weighted by atomic mass is 16.4. The lowest BCUT2D eigenvalue weighted by Gasteiger charge is -2.12. The molecule has 104 valence electrons. The molecule has 8 heteroatoms. The summed E-state index contributed by atoms with van der Waals surface area (Å²) in [7, 11) is 0. The predicted molar refractivity (Wildman–Crippen MR) is 69.4 cm³/mol. The number of nitrogens with two attached hydrogens (primary N) is 1. The first-order chi connectivity index (χ1) is 9.52. The first kappa shape index (κ1) is 13.5. The van der Waals surface area contributed by atoms with E-state index in [2.05, 4.69) is 10.5 Å². The summed E-state index contributed by atoms with van der Waals surface area (Å²) in [6, 6.07) is 4.68. The molecule has 0 saturated carbocycles. The number of nitrogens with one attached hydrogen (secondary N) is 1. The minimum absolute atomic E-state index is 0.240. The van der Waals surface area contributed by atoms with Gasteiger partial charge in [0.05, 0.1) is 18.3 Å². The van der Waals surface area contributed by atoms with E-state index in [0.717, 1.165) is 4.90 Å². The first-order valence-electron chi connectivity index (χ1n) is 5.73. The van der Waals surface area contributed by atoms with Crippen LogP contribution in [0.4, 0.5) is 10.5 Å². The number of primary amides is 1. The Balaban J connectivity index is 2.21. The van der Waals surface area contributed by atoms with Crippen molar-refractivity contribution < 1.29 is 19.6 Å². The fraction of sp³-hybridized carbons (Fsp3) is 0.167. The van der Waals surface area contributed by atoms with Gasteiger partial charge in [-0.05, 0) is 17.7 Å². The maximum absolute atomic E-state index is 12.0. The van der Waals surface area contributed by atoms with E-state index in [1.807, 2.05) is 0 Å². The van der Waals surface area contributed by atoms with Gasteiger partial charge >= 0.3 is 6.03 Å². The monoisotopic (exact) mass is 276 g/mol. The number of nitrogens with zero attached hydrogens (tertiary/aromatic N) is 2. The molecular formula is C12H12N4O4. The van der Waals surface area contributed by atoms with E-state index in [1.54, 1.807) is 12.1 Å². The molecule has 1 aliphatic heterocycles. The smallest absolute Gasteiger partial charge is 0.329 e. The molecule has 1 unspecified atom stereocenters. The fourth-order valence-corrected chi connectivity index (χ4v) is 1.89. The van der Waals surface area contributed by atoms with Gasteiger partial charge in [0, 0.05) is 0 Å². The fourth-order valence-electron chi connectivity index (χ4n) is 1.89. The van der Waals surface area contributed by atoms with Crippen molar-refractivity contribution in [2.45, 2.75) is 12.5 Å². The van der Waals surface area contributed by atoms with E-state index < -0.39 is 23.9 Å². The summed E-state index contributed by atoms with van der Waals surface area (Å²) in [4.78, 5) is 35.6. The predicted octanol–water partition coefficient (Wildman–Crippen LogP) is -0.205. The molecule has 0 radical (unpaired) electrons. The third-order valence-corrected chi connectivity index (χ3v) is 2.78. The highest BCUT2D eigenvalue weighted by Crippen LogP contribution is 2.20. The van der Waals surface area contributed by atoms with Crippen LogP contribution in [0.2, 0.25) is 0 Å². The Labute approximate surface area is 113 Å². The van der Waals surface area contributed by atoms with Crippen molar-refractivity contribution in [1.29, 1.82) is 0 Å². The van der Waals surface area contributed by atoms with Crippen LogP contribution in [0.5, 0.6) is 0 Å². The zero-order chi connectivity index (χ0) is 14.7. The molecule has 2 rings (SSSR count). The molecule has 0 aromatic heterocycles. The second-order valence-electron chi connectivity index (χ2n) is 4.18. The highest BCUT2D eigenvalue weighted by Gasteiger charge is 2.39. The Kier molecular flexibility index (Phi) is 3.65. The molecule has 0 bridgehead atoms. The topological polar surface area (TPSA) is 125 Å². The molecule has 1 fully saturated rings. The Hall–Kier alpha value is -2.90. The number of carbonyl (C=O) groups excluding carboxylic acids is 3. The molecule has 1 heterocycles. The van der Waals surface area contributed by atoms with E-state index in [0.29, 0.717) is 11.3 Å². The van der Waals surface area contributed by atoms with E-state index in [9.17, 15) is 14.4 Å². The molecular weight excluding hydrogens is 264 g/mol. The van der Waals surface area contributed by atoms with Gasteiger partial charge in [-0.1, -0.05) is 17.3 Å². The van der Waals surface area contributed by atoms with Gasteiger partial charge in [0.1, 0.15) is 6.04 Å². The van der Waals surface area contributed by atoms with Crippen LogP contribution in [-0.4, -0.2) is 35.3 Å². The van der Waals surface area contributed by atoms with E-state index in [4.69, 9.17) is 10.9 Å². The van der Waals surface area contributed by atoms with Crippen LogP contribution >= 0.6 is 0 Å². The number of benzene rings is 1. The standard InChI is InChI=1S/C12H12N4O4/c13-10(17)5-9-11(18)16(12(19)15-9)8-3-1-7(2-4-8)6-14-20/h1-4,6,9,20H,5H2,(H2,13,17)(H,15,19). The van der Waals surface area contributed by atoms with Crippen molar-refractivity contribution >= 4 is 29.7 Å². The summed E-state index contributed by atoms with van der Waals surface area (Å²) in [6.45, 7) is 0. The van der Waals surface area contributed by atoms with Gasteiger partial charge in [-0.3, -0.25) is 9.59 Å². The van der Waals surface area contributed by atoms with Crippen LogP contribution < -0.4 is 16.0 Å².